The molecule has 4 aromatic heterocycles. The number of carbonyl (C=O) groups is 1. The molecule has 4 rings (SSSR count). The van der Waals surface area contributed by atoms with E-state index in [0.29, 0.717) is 35.3 Å². The van der Waals surface area contributed by atoms with Crippen LogP contribution in [0.5, 0.6) is 0 Å². The zero-order valence-corrected chi connectivity index (χ0v) is 17.1. The quantitative estimate of drug-likeness (QED) is 0.522. The monoisotopic (exact) mass is 408 g/mol. The number of nitrogens with zero attached hydrogens (tertiary/aromatic N) is 5. The Bertz CT molecular complexity index is 1130. The molecular formula is C20H20N6O2S. The summed E-state index contributed by atoms with van der Waals surface area (Å²) in [5.74, 6) is 1.66. The van der Waals surface area contributed by atoms with Crippen LogP contribution in [0.15, 0.2) is 46.6 Å². The first-order chi connectivity index (χ1) is 14.0. The molecule has 0 aliphatic carbocycles. The SMILES string of the molecule is Cc1c(C(=O)NCc2cccs2)cnn1-c1cc(-c2nc(C(C)C)no2)ccn1. The van der Waals surface area contributed by atoms with Crippen LogP contribution in [0, 0.1) is 6.92 Å². The van der Waals surface area contributed by atoms with E-state index in [1.165, 1.54) is 0 Å². The van der Waals surface area contributed by atoms with Gasteiger partial charge in [0.2, 0.25) is 0 Å². The number of nitrogens with one attached hydrogen (secondary N) is 1. The van der Waals surface area contributed by atoms with E-state index in [2.05, 4.69) is 25.5 Å². The average Bonchev–Trinajstić information content (AvgIpc) is 3.47. The van der Waals surface area contributed by atoms with E-state index in [0.717, 1.165) is 10.4 Å². The zero-order chi connectivity index (χ0) is 20.4. The largest absolute Gasteiger partial charge is 0.347 e. The summed E-state index contributed by atoms with van der Waals surface area (Å²) in [6, 6.07) is 7.56. The molecule has 4 aromatic rings. The lowest BCUT2D eigenvalue weighted by Gasteiger charge is -2.06. The fourth-order valence-electron chi connectivity index (χ4n) is 2.79. The molecule has 0 radical (unpaired) electrons. The van der Waals surface area contributed by atoms with E-state index < -0.39 is 0 Å². The second-order valence-corrected chi connectivity index (χ2v) is 7.86. The maximum absolute atomic E-state index is 12.5. The van der Waals surface area contributed by atoms with Crippen LogP contribution in [0.25, 0.3) is 17.3 Å². The van der Waals surface area contributed by atoms with Gasteiger partial charge in [-0.25, -0.2) is 9.67 Å². The number of pyridine rings is 1. The maximum atomic E-state index is 12.5. The molecule has 0 fully saturated rings. The fraction of sp³-hybridized carbons (Fsp3) is 0.250. The highest BCUT2D eigenvalue weighted by atomic mass is 32.1. The highest BCUT2D eigenvalue weighted by Crippen LogP contribution is 2.22. The molecule has 0 saturated heterocycles. The van der Waals surface area contributed by atoms with Crippen molar-refractivity contribution < 1.29 is 9.32 Å². The van der Waals surface area contributed by atoms with Crippen molar-refractivity contribution in [1.29, 1.82) is 0 Å². The van der Waals surface area contributed by atoms with E-state index in [1.54, 1.807) is 34.5 Å². The van der Waals surface area contributed by atoms with Crippen LogP contribution in [0.3, 0.4) is 0 Å². The van der Waals surface area contributed by atoms with E-state index in [-0.39, 0.29) is 11.8 Å². The third-order valence-corrected chi connectivity index (χ3v) is 5.30. The Morgan fingerprint density at radius 2 is 2.21 bits per heavy atom. The molecule has 9 heteroatoms. The molecule has 8 nitrogen and oxygen atoms in total. The number of hydrogen-bond donors (Lipinski definition) is 1. The van der Waals surface area contributed by atoms with Gasteiger partial charge in [-0.2, -0.15) is 10.1 Å². The first-order valence-electron chi connectivity index (χ1n) is 9.18. The molecule has 0 atom stereocenters. The Labute approximate surface area is 171 Å². The first kappa shape index (κ1) is 19.0. The first-order valence-corrected chi connectivity index (χ1v) is 10.1. The van der Waals surface area contributed by atoms with Crippen molar-refractivity contribution in [3.8, 4) is 17.3 Å². The summed E-state index contributed by atoms with van der Waals surface area (Å²) in [4.78, 5) is 22.4. The van der Waals surface area contributed by atoms with Gasteiger partial charge in [0.25, 0.3) is 11.8 Å². The van der Waals surface area contributed by atoms with Crippen molar-refractivity contribution in [2.45, 2.75) is 33.2 Å². The maximum Gasteiger partial charge on any atom is 0.258 e. The second-order valence-electron chi connectivity index (χ2n) is 6.83. The summed E-state index contributed by atoms with van der Waals surface area (Å²) in [5, 5.41) is 13.3. The van der Waals surface area contributed by atoms with Gasteiger partial charge in [-0.1, -0.05) is 25.1 Å². The number of aromatic nitrogens is 5. The Kier molecular flexibility index (Phi) is 5.22. The molecule has 148 valence electrons. The molecule has 0 aromatic carbocycles. The summed E-state index contributed by atoms with van der Waals surface area (Å²) in [6.45, 7) is 6.34. The van der Waals surface area contributed by atoms with Gasteiger partial charge in [0.05, 0.1) is 24.0 Å². The summed E-state index contributed by atoms with van der Waals surface area (Å²) < 4.78 is 6.99. The van der Waals surface area contributed by atoms with Crippen LogP contribution in [-0.2, 0) is 6.54 Å². The van der Waals surface area contributed by atoms with Crippen molar-refractivity contribution in [1.82, 2.24) is 30.2 Å². The third-order valence-electron chi connectivity index (χ3n) is 4.43. The minimum Gasteiger partial charge on any atom is -0.347 e. The zero-order valence-electron chi connectivity index (χ0n) is 16.3. The van der Waals surface area contributed by atoms with E-state index in [4.69, 9.17) is 4.52 Å². The van der Waals surface area contributed by atoms with Crippen molar-refractivity contribution in [2.24, 2.45) is 0 Å². The average molecular weight is 408 g/mol. The topological polar surface area (TPSA) is 98.7 Å². The van der Waals surface area contributed by atoms with Crippen LogP contribution >= 0.6 is 11.3 Å². The van der Waals surface area contributed by atoms with Gasteiger partial charge in [0, 0.05) is 22.6 Å². The normalized spacial score (nSPS) is 11.2. The lowest BCUT2D eigenvalue weighted by molar-refractivity contribution is 0.0950. The van der Waals surface area contributed by atoms with Crippen LogP contribution < -0.4 is 5.32 Å². The highest BCUT2D eigenvalue weighted by molar-refractivity contribution is 7.09. The molecule has 1 amide bonds. The Morgan fingerprint density at radius 1 is 1.34 bits per heavy atom. The van der Waals surface area contributed by atoms with Gasteiger partial charge in [0.15, 0.2) is 11.6 Å². The Hall–Kier alpha value is -3.33. The number of rotatable bonds is 6. The minimum atomic E-state index is -0.170. The van der Waals surface area contributed by atoms with Gasteiger partial charge >= 0.3 is 0 Å². The summed E-state index contributed by atoms with van der Waals surface area (Å²) in [7, 11) is 0. The van der Waals surface area contributed by atoms with E-state index in [1.807, 2.05) is 44.4 Å². The summed E-state index contributed by atoms with van der Waals surface area (Å²) in [6.07, 6.45) is 3.21. The molecule has 0 spiro atoms. The summed E-state index contributed by atoms with van der Waals surface area (Å²) >= 11 is 1.60. The lowest BCUT2D eigenvalue weighted by Crippen LogP contribution is -2.22. The van der Waals surface area contributed by atoms with Crippen molar-refractivity contribution in [2.75, 3.05) is 0 Å². The predicted octanol–water partition coefficient (Wildman–Crippen LogP) is 3.74. The van der Waals surface area contributed by atoms with Crippen LogP contribution in [0.1, 0.15) is 46.5 Å². The van der Waals surface area contributed by atoms with Gasteiger partial charge in [-0.05, 0) is 30.5 Å². The van der Waals surface area contributed by atoms with Crippen molar-refractivity contribution in [3.63, 3.8) is 0 Å². The summed E-state index contributed by atoms with van der Waals surface area (Å²) in [5.41, 5.74) is 1.95. The Morgan fingerprint density at radius 3 is 2.93 bits per heavy atom. The molecule has 4 heterocycles. The minimum absolute atomic E-state index is 0.170. The van der Waals surface area contributed by atoms with Gasteiger partial charge in [-0.15, -0.1) is 11.3 Å². The molecule has 29 heavy (non-hydrogen) atoms. The number of amides is 1. The molecule has 0 aliphatic rings. The van der Waals surface area contributed by atoms with E-state index >= 15 is 0 Å². The second kappa shape index (κ2) is 7.96. The standard InChI is InChI=1S/C20H20N6O2S/c1-12(2)18-24-20(28-25-18)14-6-7-21-17(9-14)26-13(3)16(11-23-26)19(27)22-10-15-5-4-8-29-15/h4-9,11-12H,10H2,1-3H3,(H,22,27). The smallest absolute Gasteiger partial charge is 0.258 e. The molecule has 0 saturated carbocycles. The highest BCUT2D eigenvalue weighted by Gasteiger charge is 2.17. The molecule has 0 bridgehead atoms. The van der Waals surface area contributed by atoms with Gasteiger partial charge < -0.3 is 9.84 Å². The predicted molar refractivity (Wildman–Crippen MR) is 109 cm³/mol. The third kappa shape index (κ3) is 3.95. The lowest BCUT2D eigenvalue weighted by atomic mass is 10.2. The van der Waals surface area contributed by atoms with Crippen molar-refractivity contribution in [3.05, 3.63) is 64.0 Å². The molecular weight excluding hydrogens is 388 g/mol. The number of thiophene rings is 1. The molecule has 0 aliphatic heterocycles. The van der Waals surface area contributed by atoms with Crippen molar-refractivity contribution >= 4 is 17.2 Å². The van der Waals surface area contributed by atoms with Gasteiger partial charge in [0.1, 0.15) is 0 Å². The van der Waals surface area contributed by atoms with Crippen LogP contribution in [-0.4, -0.2) is 30.8 Å². The van der Waals surface area contributed by atoms with Gasteiger partial charge in [-0.3, -0.25) is 4.79 Å². The fourth-order valence-corrected chi connectivity index (χ4v) is 3.44. The van der Waals surface area contributed by atoms with Crippen LogP contribution in [0.2, 0.25) is 0 Å². The molecule has 1 N–H and O–H groups in total. The Balaban J connectivity index is 1.56. The molecule has 0 unspecified atom stereocenters. The number of carbonyl (C=O) groups excluding carboxylic acids is 1. The van der Waals surface area contributed by atoms with E-state index in [9.17, 15) is 4.79 Å². The van der Waals surface area contributed by atoms with Crippen LogP contribution in [0.4, 0.5) is 0 Å². The number of hydrogen-bond acceptors (Lipinski definition) is 7.